The Morgan fingerprint density at radius 3 is 2.89 bits per heavy atom. The van der Waals surface area contributed by atoms with Crippen LogP contribution in [0.3, 0.4) is 0 Å². The molecule has 0 unspecified atom stereocenters. The van der Waals surface area contributed by atoms with Gasteiger partial charge in [0.05, 0.1) is 12.2 Å². The molecule has 1 rings (SSSR count). The van der Waals surface area contributed by atoms with E-state index in [0.717, 1.165) is 17.7 Å². The number of methoxy groups -OCH3 is 1. The van der Waals surface area contributed by atoms with E-state index in [-0.39, 0.29) is 5.91 Å². The van der Waals surface area contributed by atoms with E-state index in [2.05, 4.69) is 31.1 Å². The molecule has 5 nitrogen and oxygen atoms in total. The highest BCUT2D eigenvalue weighted by Gasteiger charge is 2.05. The molecule has 1 amide bonds. The van der Waals surface area contributed by atoms with Crippen LogP contribution < -0.4 is 5.32 Å². The first-order chi connectivity index (χ1) is 8.63. The number of hydrogen-bond acceptors (Lipinski definition) is 4. The van der Waals surface area contributed by atoms with E-state index in [4.69, 9.17) is 4.74 Å². The van der Waals surface area contributed by atoms with Crippen molar-refractivity contribution in [2.24, 2.45) is 0 Å². The number of amides is 1. The molecule has 1 aromatic heterocycles. The number of pyridine rings is 1. The molecule has 0 fully saturated rings. The van der Waals surface area contributed by atoms with Crippen LogP contribution in [-0.4, -0.2) is 56.2 Å². The van der Waals surface area contributed by atoms with Crippen molar-refractivity contribution in [1.29, 1.82) is 0 Å². The smallest absolute Gasteiger partial charge is 0.252 e. The second-order valence-electron chi connectivity index (χ2n) is 3.92. The van der Waals surface area contributed by atoms with E-state index in [1.165, 1.54) is 0 Å². The summed E-state index contributed by atoms with van der Waals surface area (Å²) in [5, 5.41) is 2.85. The van der Waals surface area contributed by atoms with Crippen LogP contribution >= 0.6 is 15.9 Å². The molecule has 0 saturated carbocycles. The molecule has 1 heterocycles. The van der Waals surface area contributed by atoms with Crippen LogP contribution in [0.4, 0.5) is 0 Å². The minimum atomic E-state index is -0.102. The molecule has 1 aromatic rings. The number of hydrogen-bond donors (Lipinski definition) is 1. The Hall–Kier alpha value is -0.980. The molecule has 0 radical (unpaired) electrons. The fourth-order valence-electron chi connectivity index (χ4n) is 1.33. The molecule has 0 aliphatic rings. The van der Waals surface area contributed by atoms with Crippen LogP contribution in [0.1, 0.15) is 10.4 Å². The summed E-state index contributed by atoms with van der Waals surface area (Å²) < 4.78 is 5.70. The Balaban J connectivity index is 2.27. The van der Waals surface area contributed by atoms with Crippen molar-refractivity contribution < 1.29 is 9.53 Å². The fraction of sp³-hybridized carbons (Fsp3) is 0.500. The first kappa shape index (κ1) is 15.1. The van der Waals surface area contributed by atoms with Gasteiger partial charge in [-0.1, -0.05) is 0 Å². The molecule has 0 saturated heterocycles. The van der Waals surface area contributed by atoms with Crippen molar-refractivity contribution in [1.82, 2.24) is 15.2 Å². The minimum absolute atomic E-state index is 0.102. The lowest BCUT2D eigenvalue weighted by molar-refractivity contribution is 0.0947. The Morgan fingerprint density at radius 2 is 2.28 bits per heavy atom. The molecule has 100 valence electrons. The first-order valence-electron chi connectivity index (χ1n) is 5.70. The summed E-state index contributed by atoms with van der Waals surface area (Å²) >= 11 is 3.23. The minimum Gasteiger partial charge on any atom is -0.383 e. The number of carbonyl (C=O) groups is 1. The zero-order valence-electron chi connectivity index (χ0n) is 10.6. The third kappa shape index (κ3) is 5.57. The van der Waals surface area contributed by atoms with Crippen molar-refractivity contribution >= 4 is 21.8 Å². The van der Waals surface area contributed by atoms with E-state index in [0.29, 0.717) is 18.7 Å². The molecule has 0 aliphatic carbocycles. The summed E-state index contributed by atoms with van der Waals surface area (Å²) in [6, 6.07) is 3.49. The van der Waals surface area contributed by atoms with Crippen LogP contribution in [0.2, 0.25) is 0 Å². The zero-order valence-corrected chi connectivity index (χ0v) is 12.2. The number of nitrogens with zero attached hydrogens (tertiary/aromatic N) is 2. The summed E-state index contributed by atoms with van der Waals surface area (Å²) in [6.45, 7) is 2.95. The Kier molecular flexibility index (Phi) is 6.85. The van der Waals surface area contributed by atoms with E-state index in [1.54, 1.807) is 25.4 Å². The van der Waals surface area contributed by atoms with Gasteiger partial charge < -0.3 is 15.0 Å². The lowest BCUT2D eigenvalue weighted by Crippen LogP contribution is -2.34. The number of halogens is 1. The molecule has 1 N–H and O–H groups in total. The van der Waals surface area contributed by atoms with Gasteiger partial charge in [-0.25, -0.2) is 4.98 Å². The summed E-state index contributed by atoms with van der Waals surface area (Å²) in [6.07, 6.45) is 1.55. The van der Waals surface area contributed by atoms with Crippen LogP contribution in [-0.2, 0) is 4.74 Å². The van der Waals surface area contributed by atoms with Gasteiger partial charge in [-0.3, -0.25) is 4.79 Å². The van der Waals surface area contributed by atoms with Crippen molar-refractivity contribution in [3.63, 3.8) is 0 Å². The molecule has 0 atom stereocenters. The van der Waals surface area contributed by atoms with Gasteiger partial charge in [0.25, 0.3) is 5.91 Å². The van der Waals surface area contributed by atoms with E-state index < -0.39 is 0 Å². The van der Waals surface area contributed by atoms with Crippen LogP contribution in [0.5, 0.6) is 0 Å². The zero-order chi connectivity index (χ0) is 13.4. The normalized spacial score (nSPS) is 10.7. The highest BCUT2D eigenvalue weighted by molar-refractivity contribution is 9.10. The van der Waals surface area contributed by atoms with Crippen molar-refractivity contribution in [3.05, 3.63) is 28.5 Å². The summed E-state index contributed by atoms with van der Waals surface area (Å²) in [5.41, 5.74) is 0.567. The van der Waals surface area contributed by atoms with Gasteiger partial charge in [-0.2, -0.15) is 0 Å². The molecule has 0 aliphatic heterocycles. The van der Waals surface area contributed by atoms with Gasteiger partial charge in [0, 0.05) is 32.9 Å². The standard InChI is InChI=1S/C12H18BrN3O2/c1-16(7-8-18-2)6-5-14-12(17)10-3-4-11(13)15-9-10/h3-4,9H,5-8H2,1-2H3,(H,14,17). The van der Waals surface area contributed by atoms with E-state index in [9.17, 15) is 4.79 Å². The Morgan fingerprint density at radius 1 is 1.50 bits per heavy atom. The molecule has 0 bridgehead atoms. The molecule has 0 aromatic carbocycles. The van der Waals surface area contributed by atoms with Crippen molar-refractivity contribution in [2.45, 2.75) is 0 Å². The van der Waals surface area contributed by atoms with Gasteiger partial charge in [-0.05, 0) is 35.1 Å². The van der Waals surface area contributed by atoms with Gasteiger partial charge in [0.1, 0.15) is 4.60 Å². The van der Waals surface area contributed by atoms with Gasteiger partial charge in [0.2, 0.25) is 0 Å². The van der Waals surface area contributed by atoms with Crippen LogP contribution in [0.25, 0.3) is 0 Å². The fourth-order valence-corrected chi connectivity index (χ4v) is 1.57. The van der Waals surface area contributed by atoms with Gasteiger partial charge >= 0.3 is 0 Å². The maximum absolute atomic E-state index is 11.7. The largest absolute Gasteiger partial charge is 0.383 e. The Labute approximate surface area is 116 Å². The lowest BCUT2D eigenvalue weighted by Gasteiger charge is -2.16. The predicted octanol–water partition coefficient (Wildman–Crippen LogP) is 1.15. The second kappa shape index (κ2) is 8.18. The maximum Gasteiger partial charge on any atom is 0.252 e. The molecular weight excluding hydrogens is 298 g/mol. The topological polar surface area (TPSA) is 54.5 Å². The highest BCUT2D eigenvalue weighted by Crippen LogP contribution is 2.05. The lowest BCUT2D eigenvalue weighted by atomic mass is 10.3. The average Bonchev–Trinajstić information content (AvgIpc) is 2.37. The first-order valence-corrected chi connectivity index (χ1v) is 6.50. The number of ether oxygens (including phenoxy) is 1. The average molecular weight is 316 g/mol. The van der Waals surface area contributed by atoms with Crippen molar-refractivity contribution in [3.8, 4) is 0 Å². The number of likely N-dealkylation sites (N-methyl/N-ethyl adjacent to an activating group) is 1. The summed E-state index contributed by atoms with van der Waals surface area (Å²) in [4.78, 5) is 17.9. The summed E-state index contributed by atoms with van der Waals surface area (Å²) in [7, 11) is 3.67. The van der Waals surface area contributed by atoms with Crippen LogP contribution in [0.15, 0.2) is 22.9 Å². The Bertz CT molecular complexity index is 370. The predicted molar refractivity (Wildman–Crippen MR) is 73.6 cm³/mol. The molecule has 0 spiro atoms. The van der Waals surface area contributed by atoms with Gasteiger partial charge in [0.15, 0.2) is 0 Å². The highest BCUT2D eigenvalue weighted by atomic mass is 79.9. The molecular formula is C12H18BrN3O2. The third-order valence-electron chi connectivity index (χ3n) is 2.45. The van der Waals surface area contributed by atoms with Crippen LogP contribution in [0, 0.1) is 0 Å². The number of rotatable bonds is 7. The SMILES string of the molecule is COCCN(C)CCNC(=O)c1ccc(Br)nc1. The number of aromatic nitrogens is 1. The maximum atomic E-state index is 11.7. The second-order valence-corrected chi connectivity index (χ2v) is 4.73. The van der Waals surface area contributed by atoms with Crippen molar-refractivity contribution in [2.75, 3.05) is 40.4 Å². The monoisotopic (exact) mass is 315 g/mol. The van der Waals surface area contributed by atoms with E-state index >= 15 is 0 Å². The van der Waals surface area contributed by atoms with Gasteiger partial charge in [-0.15, -0.1) is 0 Å². The molecule has 6 heteroatoms. The molecule has 18 heavy (non-hydrogen) atoms. The quantitative estimate of drug-likeness (QED) is 0.767. The summed E-state index contributed by atoms with van der Waals surface area (Å²) in [5.74, 6) is -0.102. The third-order valence-corrected chi connectivity index (χ3v) is 2.91. The van der Waals surface area contributed by atoms with E-state index in [1.807, 2.05) is 7.05 Å². The number of nitrogens with one attached hydrogen (secondary N) is 1. The number of carbonyl (C=O) groups excluding carboxylic acids is 1.